The van der Waals surface area contributed by atoms with E-state index in [-0.39, 0.29) is 0 Å². The minimum atomic E-state index is -4.05. The first-order valence-corrected chi connectivity index (χ1v) is 6.40. The minimum absolute atomic E-state index is 1.01. The van der Waals surface area contributed by atoms with E-state index in [0.717, 1.165) is 13.3 Å². The molecule has 0 aromatic rings. The second kappa shape index (κ2) is 4.24. The summed E-state index contributed by atoms with van der Waals surface area (Å²) in [6.07, 6.45) is 2.64. The van der Waals surface area contributed by atoms with Crippen LogP contribution in [0.5, 0.6) is 0 Å². The predicted molar refractivity (Wildman–Crippen MR) is 46.0 cm³/mol. The summed E-state index contributed by atoms with van der Waals surface area (Å²) in [7, 11) is -4.05. The van der Waals surface area contributed by atoms with Crippen molar-refractivity contribution in [3.63, 3.8) is 0 Å². The van der Waals surface area contributed by atoms with Crippen LogP contribution in [0.4, 0.5) is 0 Å². The Bertz CT molecular complexity index is 63.8. The van der Waals surface area contributed by atoms with Crippen molar-refractivity contribution < 1.29 is 14.7 Å². The van der Waals surface area contributed by atoms with Crippen LogP contribution >= 0.6 is 7.28 Å². The molecule has 0 rings (SSSR count). The van der Waals surface area contributed by atoms with Gasteiger partial charge in [0.25, 0.3) is 0 Å². The van der Waals surface area contributed by atoms with Crippen LogP contribution in [0, 0.1) is 0 Å². The number of rotatable bonds is 1. The van der Waals surface area contributed by atoms with E-state index < -0.39 is 7.28 Å². The van der Waals surface area contributed by atoms with E-state index in [4.69, 9.17) is 14.7 Å². The summed E-state index contributed by atoms with van der Waals surface area (Å²) in [6, 6.07) is 0. The zero-order chi connectivity index (χ0) is 8.86. The Morgan fingerprint density at radius 2 is 1.00 bits per heavy atom. The SMILES string of the molecule is CCCC.CP(C)(O)(O)O. The van der Waals surface area contributed by atoms with Gasteiger partial charge < -0.3 is 0 Å². The first-order chi connectivity index (χ1) is 4.15. The zero-order valence-electron chi connectivity index (χ0n) is 7.20. The van der Waals surface area contributed by atoms with Crippen molar-refractivity contribution in [2.45, 2.75) is 26.7 Å². The van der Waals surface area contributed by atoms with Crippen LogP contribution in [-0.4, -0.2) is 28.0 Å². The summed E-state index contributed by atoms with van der Waals surface area (Å²) in [5.74, 6) is 0. The Balaban J connectivity index is 0. The maximum absolute atomic E-state index is 8.23. The molecule has 0 heterocycles. The summed E-state index contributed by atoms with van der Waals surface area (Å²) in [6.45, 7) is 6.37. The molecule has 0 spiro atoms. The van der Waals surface area contributed by atoms with Gasteiger partial charge in [0.05, 0.1) is 0 Å². The molecular formula is C6H19O3P. The molecule has 0 aliphatic rings. The number of unbranched alkanes of at least 4 members (excludes halogenated alkanes) is 1. The Morgan fingerprint density at radius 1 is 0.900 bits per heavy atom. The van der Waals surface area contributed by atoms with Gasteiger partial charge in [-0.15, -0.1) is 0 Å². The molecule has 0 aliphatic carbocycles. The van der Waals surface area contributed by atoms with Gasteiger partial charge in [-0.25, -0.2) is 0 Å². The third kappa shape index (κ3) is 259. The molecule has 0 saturated heterocycles. The molecule has 0 aromatic carbocycles. The molecule has 0 aromatic heterocycles. The molecule has 0 fully saturated rings. The van der Waals surface area contributed by atoms with Crippen molar-refractivity contribution in [2.24, 2.45) is 0 Å². The van der Waals surface area contributed by atoms with Crippen LogP contribution in [0.25, 0.3) is 0 Å². The molecule has 3 N–H and O–H groups in total. The van der Waals surface area contributed by atoms with Crippen molar-refractivity contribution in [1.29, 1.82) is 0 Å². The fourth-order valence-electron chi connectivity index (χ4n) is 0. The third-order valence-corrected chi connectivity index (χ3v) is 0.500. The monoisotopic (exact) mass is 170 g/mol. The van der Waals surface area contributed by atoms with Crippen LogP contribution in [0.15, 0.2) is 0 Å². The van der Waals surface area contributed by atoms with E-state index in [2.05, 4.69) is 13.8 Å². The normalized spacial score (nSPS) is 14.5. The average molecular weight is 170 g/mol. The number of hydrogen-bond donors (Lipinski definition) is 3. The first-order valence-electron chi connectivity index (χ1n) is 3.41. The molecule has 66 valence electrons. The molecule has 3 nitrogen and oxygen atoms in total. The van der Waals surface area contributed by atoms with Crippen molar-refractivity contribution in [3.8, 4) is 0 Å². The van der Waals surface area contributed by atoms with E-state index in [0.29, 0.717) is 0 Å². The fraction of sp³-hybridized carbons (Fsp3) is 1.00. The van der Waals surface area contributed by atoms with Gasteiger partial charge in [0, 0.05) is 0 Å². The molecule has 0 radical (unpaired) electrons. The molecule has 0 saturated carbocycles. The Hall–Kier alpha value is 0.310. The second-order valence-corrected chi connectivity index (χ2v) is 6.75. The van der Waals surface area contributed by atoms with E-state index in [1.807, 2.05) is 0 Å². The third-order valence-electron chi connectivity index (χ3n) is 0.500. The van der Waals surface area contributed by atoms with Gasteiger partial charge in [-0.3, -0.25) is 0 Å². The van der Waals surface area contributed by atoms with Crippen LogP contribution in [0.2, 0.25) is 0 Å². The van der Waals surface area contributed by atoms with Crippen molar-refractivity contribution in [3.05, 3.63) is 0 Å². The summed E-state index contributed by atoms with van der Waals surface area (Å²) < 4.78 is 0. The second-order valence-electron chi connectivity index (χ2n) is 2.92. The predicted octanol–water partition coefficient (Wildman–Crippen LogP) is 1.33. The van der Waals surface area contributed by atoms with Gasteiger partial charge in [-0.1, -0.05) is 26.7 Å². The summed E-state index contributed by atoms with van der Waals surface area (Å²) >= 11 is 0. The van der Waals surface area contributed by atoms with Gasteiger partial charge in [-0.05, 0) is 0 Å². The molecule has 0 aliphatic heterocycles. The van der Waals surface area contributed by atoms with Gasteiger partial charge in [0.15, 0.2) is 0 Å². The van der Waals surface area contributed by atoms with Crippen molar-refractivity contribution in [1.82, 2.24) is 0 Å². The molecule has 0 unspecified atom stereocenters. The van der Waals surface area contributed by atoms with Crippen molar-refractivity contribution >= 4 is 7.28 Å². The standard InChI is InChI=1S/C4H10.C2H9O3P/c1-3-4-2;1-6(2,3,4)5/h3-4H2,1-2H3;3-5H,1-2H3. The van der Waals surface area contributed by atoms with E-state index in [1.54, 1.807) is 0 Å². The molecule has 10 heavy (non-hydrogen) atoms. The Labute approximate surface area is 62.9 Å². The fourth-order valence-corrected chi connectivity index (χ4v) is 0. The maximum atomic E-state index is 8.23. The van der Waals surface area contributed by atoms with Crippen LogP contribution in [-0.2, 0) is 0 Å². The van der Waals surface area contributed by atoms with Crippen LogP contribution in [0.1, 0.15) is 26.7 Å². The van der Waals surface area contributed by atoms with Gasteiger partial charge in [-0.2, -0.15) is 0 Å². The average Bonchev–Trinajstić information content (AvgIpc) is 1.59. The van der Waals surface area contributed by atoms with Gasteiger partial charge in [0.2, 0.25) is 0 Å². The quantitative estimate of drug-likeness (QED) is 0.520. The molecule has 0 atom stereocenters. The van der Waals surface area contributed by atoms with Crippen molar-refractivity contribution in [2.75, 3.05) is 13.3 Å². The first kappa shape index (κ1) is 12.9. The zero-order valence-corrected chi connectivity index (χ0v) is 8.10. The summed E-state index contributed by atoms with van der Waals surface area (Å²) in [4.78, 5) is 24.7. The van der Waals surface area contributed by atoms with E-state index in [9.17, 15) is 0 Å². The Kier molecular flexibility index (Phi) is 5.49. The Morgan fingerprint density at radius 3 is 1.00 bits per heavy atom. The molecule has 0 bridgehead atoms. The summed E-state index contributed by atoms with van der Waals surface area (Å²) in [5, 5.41) is 0. The van der Waals surface area contributed by atoms with Crippen LogP contribution in [0.3, 0.4) is 0 Å². The summed E-state index contributed by atoms with van der Waals surface area (Å²) in [5.41, 5.74) is 0. The van der Waals surface area contributed by atoms with E-state index >= 15 is 0 Å². The van der Waals surface area contributed by atoms with E-state index in [1.165, 1.54) is 12.8 Å². The van der Waals surface area contributed by atoms with Gasteiger partial charge in [0.1, 0.15) is 0 Å². The topological polar surface area (TPSA) is 60.7 Å². The number of hydrogen-bond acceptors (Lipinski definition) is 3. The molecule has 4 heteroatoms. The van der Waals surface area contributed by atoms with Crippen LogP contribution < -0.4 is 0 Å². The van der Waals surface area contributed by atoms with Gasteiger partial charge >= 0.3 is 35.3 Å². The molecule has 0 amide bonds. The molecular weight excluding hydrogens is 151 g/mol.